The van der Waals surface area contributed by atoms with Gasteiger partial charge in [0.25, 0.3) is 0 Å². The number of benzene rings is 2. The van der Waals surface area contributed by atoms with Gasteiger partial charge in [0.2, 0.25) is 0 Å². The van der Waals surface area contributed by atoms with Crippen molar-refractivity contribution in [3.63, 3.8) is 0 Å². The number of anilines is 1. The molecule has 0 fully saturated rings. The van der Waals surface area contributed by atoms with Gasteiger partial charge in [-0.25, -0.2) is 0 Å². The second-order valence-electron chi connectivity index (χ2n) is 5.83. The van der Waals surface area contributed by atoms with E-state index in [2.05, 4.69) is 10.5 Å². The number of carbonyl (C=O) groups excluding carboxylic acids is 1. The molecule has 2 aromatic carbocycles. The van der Waals surface area contributed by atoms with Crippen LogP contribution in [-0.4, -0.2) is 10.9 Å². The minimum atomic E-state index is -0.307. The van der Waals surface area contributed by atoms with Gasteiger partial charge in [-0.1, -0.05) is 52.1 Å². The average Bonchev–Trinajstić information content (AvgIpc) is 3.02. The number of rotatable bonds is 6. The van der Waals surface area contributed by atoms with Crippen LogP contribution in [0, 0.1) is 6.92 Å². The summed E-state index contributed by atoms with van der Waals surface area (Å²) in [7, 11) is 0. The number of nitrogens with zero attached hydrogens (tertiary/aromatic N) is 1. The number of Topliss-reactive ketones (excluding diaryl/α,β-unsaturated/α-hetero) is 1. The second-order valence-corrected chi connectivity index (χ2v) is 7.08. The van der Waals surface area contributed by atoms with Crippen LogP contribution in [0.1, 0.15) is 34.1 Å². The van der Waals surface area contributed by atoms with Gasteiger partial charge < -0.3 is 9.84 Å². The first-order chi connectivity index (χ1) is 12.4. The van der Waals surface area contributed by atoms with Crippen LogP contribution in [0.15, 0.2) is 53.1 Å². The number of ketones is 1. The molecule has 0 amide bonds. The number of hydrogen-bond acceptors (Lipinski definition) is 4. The molecule has 1 heterocycles. The Balaban J connectivity index is 1.85. The monoisotopic (exact) mass is 408 g/mol. The maximum atomic E-state index is 12.7. The average molecular weight is 410 g/mol. The smallest absolute Gasteiger partial charge is 0.170 e. The molecule has 0 radical (unpaired) electrons. The Kier molecular flexibility index (Phi) is 5.87. The van der Waals surface area contributed by atoms with E-state index in [1.54, 1.807) is 43.3 Å². The summed E-state index contributed by atoms with van der Waals surface area (Å²) < 4.78 is 5.09. The molecule has 26 heavy (non-hydrogen) atoms. The molecule has 0 bridgehead atoms. The molecular formula is C19H15Cl3N2O2. The van der Waals surface area contributed by atoms with E-state index in [4.69, 9.17) is 39.3 Å². The Hall–Kier alpha value is -2.01. The van der Waals surface area contributed by atoms with Gasteiger partial charge in [-0.3, -0.25) is 4.79 Å². The van der Waals surface area contributed by atoms with Gasteiger partial charge in [0.1, 0.15) is 5.76 Å². The number of hydrogen-bond donors (Lipinski definition) is 1. The molecule has 1 aromatic heterocycles. The standard InChI is InChI=1S/C19H15Cl3N2O2/c1-11-8-19(24-26-11)23-17(12-2-5-14(20)6-3-12)10-18(25)13-4-7-15(21)16(22)9-13/h2-9,17H,10H2,1H3,(H,23,24). The van der Waals surface area contributed by atoms with Crippen molar-refractivity contribution in [3.05, 3.63) is 80.5 Å². The minimum Gasteiger partial charge on any atom is -0.360 e. The molecule has 0 spiro atoms. The Morgan fingerprint density at radius 2 is 1.81 bits per heavy atom. The lowest BCUT2D eigenvalue weighted by atomic mass is 9.98. The number of halogens is 3. The zero-order valence-corrected chi connectivity index (χ0v) is 16.1. The van der Waals surface area contributed by atoms with Crippen LogP contribution in [0.2, 0.25) is 15.1 Å². The number of aromatic nitrogens is 1. The van der Waals surface area contributed by atoms with E-state index in [9.17, 15) is 4.79 Å². The highest BCUT2D eigenvalue weighted by molar-refractivity contribution is 6.42. The second kappa shape index (κ2) is 8.12. The predicted octanol–water partition coefficient (Wildman–Crippen LogP) is 6.37. The molecule has 3 aromatic rings. The molecule has 0 aliphatic heterocycles. The highest BCUT2D eigenvalue weighted by Gasteiger charge is 2.19. The third-order valence-corrected chi connectivity index (χ3v) is 4.84. The third-order valence-electron chi connectivity index (χ3n) is 3.85. The summed E-state index contributed by atoms with van der Waals surface area (Å²) in [6.45, 7) is 1.80. The van der Waals surface area contributed by atoms with Crippen molar-refractivity contribution in [1.82, 2.24) is 5.16 Å². The summed E-state index contributed by atoms with van der Waals surface area (Å²) in [6.07, 6.45) is 0.200. The zero-order chi connectivity index (χ0) is 18.7. The summed E-state index contributed by atoms with van der Waals surface area (Å²) in [4.78, 5) is 12.7. The molecule has 1 atom stereocenters. The van der Waals surface area contributed by atoms with E-state index in [1.165, 1.54) is 0 Å². The quantitative estimate of drug-likeness (QED) is 0.481. The highest BCUT2D eigenvalue weighted by Crippen LogP contribution is 2.28. The van der Waals surface area contributed by atoms with Crippen molar-refractivity contribution in [2.75, 3.05) is 5.32 Å². The van der Waals surface area contributed by atoms with Crippen LogP contribution < -0.4 is 5.32 Å². The lowest BCUT2D eigenvalue weighted by Gasteiger charge is -2.18. The normalized spacial score (nSPS) is 12.0. The number of carbonyl (C=O) groups is 1. The molecule has 0 aliphatic rings. The summed E-state index contributed by atoms with van der Waals surface area (Å²) in [5.41, 5.74) is 1.40. The summed E-state index contributed by atoms with van der Waals surface area (Å²) in [5.74, 6) is 1.17. The van der Waals surface area contributed by atoms with Crippen LogP contribution >= 0.6 is 34.8 Å². The fourth-order valence-electron chi connectivity index (χ4n) is 2.53. The van der Waals surface area contributed by atoms with E-state index in [-0.39, 0.29) is 18.2 Å². The lowest BCUT2D eigenvalue weighted by Crippen LogP contribution is -2.16. The molecule has 0 aliphatic carbocycles. The van der Waals surface area contributed by atoms with Gasteiger partial charge in [0.15, 0.2) is 11.6 Å². The fraction of sp³-hybridized carbons (Fsp3) is 0.158. The van der Waals surface area contributed by atoms with E-state index < -0.39 is 0 Å². The Bertz CT molecular complexity index is 923. The predicted molar refractivity (Wildman–Crippen MR) is 104 cm³/mol. The maximum Gasteiger partial charge on any atom is 0.170 e. The first-order valence-electron chi connectivity index (χ1n) is 7.86. The Morgan fingerprint density at radius 3 is 2.42 bits per heavy atom. The Morgan fingerprint density at radius 1 is 1.08 bits per heavy atom. The molecule has 3 rings (SSSR count). The van der Waals surface area contributed by atoms with E-state index in [1.807, 2.05) is 12.1 Å². The molecular weight excluding hydrogens is 395 g/mol. The summed E-state index contributed by atoms with van der Waals surface area (Å²) in [6, 6.07) is 13.6. The van der Waals surface area contributed by atoms with Crippen LogP contribution in [0.25, 0.3) is 0 Å². The molecule has 1 N–H and O–H groups in total. The zero-order valence-electron chi connectivity index (χ0n) is 13.8. The van der Waals surface area contributed by atoms with Crippen molar-refractivity contribution < 1.29 is 9.32 Å². The maximum absolute atomic E-state index is 12.7. The Labute approximate surface area is 166 Å². The lowest BCUT2D eigenvalue weighted by molar-refractivity contribution is 0.0976. The van der Waals surface area contributed by atoms with Crippen LogP contribution in [0.4, 0.5) is 5.82 Å². The first-order valence-corrected chi connectivity index (χ1v) is 8.99. The van der Waals surface area contributed by atoms with Gasteiger partial charge >= 0.3 is 0 Å². The van der Waals surface area contributed by atoms with Gasteiger partial charge in [0.05, 0.1) is 16.1 Å². The molecule has 134 valence electrons. The minimum absolute atomic E-state index is 0.0729. The number of aryl methyl sites for hydroxylation is 1. The van der Waals surface area contributed by atoms with Crippen LogP contribution in [0.5, 0.6) is 0 Å². The van der Waals surface area contributed by atoms with Crippen molar-refractivity contribution in [3.8, 4) is 0 Å². The first kappa shape index (κ1) is 18.8. The molecule has 1 unspecified atom stereocenters. The molecule has 0 saturated carbocycles. The largest absolute Gasteiger partial charge is 0.360 e. The van der Waals surface area contributed by atoms with Crippen molar-refractivity contribution in [2.45, 2.75) is 19.4 Å². The highest BCUT2D eigenvalue weighted by atomic mass is 35.5. The van der Waals surface area contributed by atoms with Crippen molar-refractivity contribution in [2.24, 2.45) is 0 Å². The van der Waals surface area contributed by atoms with E-state index >= 15 is 0 Å². The SMILES string of the molecule is Cc1cc(NC(CC(=O)c2ccc(Cl)c(Cl)c2)c2ccc(Cl)cc2)no1. The van der Waals surface area contributed by atoms with Crippen LogP contribution in [-0.2, 0) is 0 Å². The molecule has 7 heteroatoms. The summed E-state index contributed by atoms with van der Waals surface area (Å²) >= 11 is 17.9. The third kappa shape index (κ3) is 4.58. The molecule has 4 nitrogen and oxygen atoms in total. The van der Waals surface area contributed by atoms with Gasteiger partial charge in [-0.05, 0) is 42.8 Å². The van der Waals surface area contributed by atoms with E-state index in [0.717, 1.165) is 5.56 Å². The van der Waals surface area contributed by atoms with Gasteiger partial charge in [-0.15, -0.1) is 0 Å². The van der Waals surface area contributed by atoms with E-state index in [0.29, 0.717) is 32.2 Å². The summed E-state index contributed by atoms with van der Waals surface area (Å²) in [5, 5.41) is 8.56. The van der Waals surface area contributed by atoms with Crippen LogP contribution in [0.3, 0.4) is 0 Å². The van der Waals surface area contributed by atoms with Crippen molar-refractivity contribution in [1.29, 1.82) is 0 Å². The fourth-order valence-corrected chi connectivity index (χ4v) is 2.96. The number of nitrogens with one attached hydrogen (secondary N) is 1. The van der Waals surface area contributed by atoms with Crippen molar-refractivity contribution >= 4 is 46.4 Å². The van der Waals surface area contributed by atoms with Gasteiger partial charge in [-0.2, -0.15) is 0 Å². The topological polar surface area (TPSA) is 55.1 Å². The molecule has 0 saturated heterocycles. The van der Waals surface area contributed by atoms with Gasteiger partial charge in [0, 0.05) is 23.1 Å².